The van der Waals surface area contributed by atoms with Crippen LogP contribution < -0.4 is 15.4 Å². The topological polar surface area (TPSA) is 50.4 Å². The van der Waals surface area contributed by atoms with Crippen molar-refractivity contribution >= 4 is 5.91 Å². The van der Waals surface area contributed by atoms with Crippen molar-refractivity contribution in [3.05, 3.63) is 29.8 Å². The molecule has 1 aromatic rings. The fourth-order valence-electron chi connectivity index (χ4n) is 2.66. The highest BCUT2D eigenvalue weighted by molar-refractivity contribution is 5.81. The zero-order valence-corrected chi connectivity index (χ0v) is 12.5. The Bertz CT molecular complexity index is 438. The van der Waals surface area contributed by atoms with Gasteiger partial charge in [-0.15, -0.1) is 0 Å². The van der Waals surface area contributed by atoms with Crippen LogP contribution in [0.4, 0.5) is 0 Å². The van der Waals surface area contributed by atoms with Crippen LogP contribution in [0.5, 0.6) is 5.75 Å². The third kappa shape index (κ3) is 3.51. The Morgan fingerprint density at radius 1 is 1.35 bits per heavy atom. The Labute approximate surface area is 120 Å². The molecule has 0 aliphatic heterocycles. The van der Waals surface area contributed by atoms with Gasteiger partial charge in [-0.25, -0.2) is 0 Å². The molecule has 1 saturated carbocycles. The van der Waals surface area contributed by atoms with E-state index in [1.54, 1.807) is 7.11 Å². The van der Waals surface area contributed by atoms with Crippen LogP contribution in [0.15, 0.2) is 24.3 Å². The van der Waals surface area contributed by atoms with Gasteiger partial charge in [0.15, 0.2) is 0 Å². The molecular weight excluding hydrogens is 252 g/mol. The fraction of sp³-hybridized carbons (Fsp3) is 0.562. The normalized spacial score (nSPS) is 22.8. The Morgan fingerprint density at radius 2 is 2.00 bits per heavy atom. The summed E-state index contributed by atoms with van der Waals surface area (Å²) >= 11 is 0. The van der Waals surface area contributed by atoms with Crippen molar-refractivity contribution < 1.29 is 9.53 Å². The molecule has 2 N–H and O–H groups in total. The largest absolute Gasteiger partial charge is 0.497 e. The first-order chi connectivity index (χ1) is 9.63. The van der Waals surface area contributed by atoms with Crippen molar-refractivity contribution in [1.29, 1.82) is 0 Å². The van der Waals surface area contributed by atoms with Crippen LogP contribution in [0.2, 0.25) is 0 Å². The van der Waals surface area contributed by atoms with Crippen LogP contribution in [0.3, 0.4) is 0 Å². The molecule has 1 fully saturated rings. The van der Waals surface area contributed by atoms with Crippen molar-refractivity contribution in [1.82, 2.24) is 10.6 Å². The molecular formula is C16H24N2O2. The van der Waals surface area contributed by atoms with E-state index in [4.69, 9.17) is 4.74 Å². The molecule has 1 unspecified atom stereocenters. The number of methoxy groups -OCH3 is 1. The monoisotopic (exact) mass is 276 g/mol. The first kappa shape index (κ1) is 14.9. The lowest BCUT2D eigenvalue weighted by Gasteiger charge is -2.37. The number of hydrogen-bond acceptors (Lipinski definition) is 3. The number of carbonyl (C=O) groups is 1. The Hall–Kier alpha value is -1.55. The van der Waals surface area contributed by atoms with Crippen molar-refractivity contribution in [2.75, 3.05) is 13.7 Å². The van der Waals surface area contributed by atoms with Crippen LogP contribution in [0, 0.1) is 0 Å². The number of hydrogen-bond donors (Lipinski definition) is 2. The SMILES string of the molecule is CCNC(=O)C(C)NC1CC(c2ccc(OC)cc2)C1. The van der Waals surface area contributed by atoms with Crippen LogP contribution in [0.1, 0.15) is 38.2 Å². The highest BCUT2D eigenvalue weighted by atomic mass is 16.5. The maximum absolute atomic E-state index is 11.7. The number of benzene rings is 1. The molecule has 1 amide bonds. The first-order valence-corrected chi connectivity index (χ1v) is 7.31. The first-order valence-electron chi connectivity index (χ1n) is 7.31. The second-order valence-corrected chi connectivity index (χ2v) is 5.42. The molecule has 1 aromatic carbocycles. The lowest BCUT2D eigenvalue weighted by molar-refractivity contribution is -0.123. The average Bonchev–Trinajstić information content (AvgIpc) is 2.42. The lowest BCUT2D eigenvalue weighted by atomic mass is 9.75. The van der Waals surface area contributed by atoms with Gasteiger partial charge >= 0.3 is 0 Å². The van der Waals surface area contributed by atoms with Gasteiger partial charge in [-0.2, -0.15) is 0 Å². The maximum atomic E-state index is 11.7. The Kier molecular flexibility index (Phi) is 5.01. The van der Waals surface area contributed by atoms with Gasteiger partial charge in [-0.1, -0.05) is 12.1 Å². The molecule has 20 heavy (non-hydrogen) atoms. The van der Waals surface area contributed by atoms with Gasteiger partial charge in [0, 0.05) is 12.6 Å². The summed E-state index contributed by atoms with van der Waals surface area (Å²) in [5, 5.41) is 6.23. The number of ether oxygens (including phenoxy) is 1. The number of rotatable bonds is 6. The standard InChI is InChI=1S/C16H24N2O2/c1-4-17-16(19)11(2)18-14-9-13(10-14)12-5-7-15(20-3)8-6-12/h5-8,11,13-14,18H,4,9-10H2,1-3H3,(H,17,19). The van der Waals surface area contributed by atoms with Gasteiger partial charge in [0.1, 0.15) is 5.75 Å². The summed E-state index contributed by atoms with van der Waals surface area (Å²) in [4.78, 5) is 11.7. The number of nitrogens with one attached hydrogen (secondary N) is 2. The molecule has 0 radical (unpaired) electrons. The van der Waals surface area contributed by atoms with E-state index in [9.17, 15) is 4.79 Å². The predicted molar refractivity (Wildman–Crippen MR) is 80.0 cm³/mol. The summed E-state index contributed by atoms with van der Waals surface area (Å²) in [6.45, 7) is 4.55. The Balaban J connectivity index is 1.77. The van der Waals surface area contributed by atoms with Gasteiger partial charge in [0.05, 0.1) is 13.2 Å². The molecule has 0 spiro atoms. The average molecular weight is 276 g/mol. The van der Waals surface area contributed by atoms with Gasteiger partial charge in [0.25, 0.3) is 0 Å². The summed E-state index contributed by atoms with van der Waals surface area (Å²) in [6.07, 6.45) is 2.19. The van der Waals surface area contributed by atoms with E-state index in [1.807, 2.05) is 26.0 Å². The van der Waals surface area contributed by atoms with Crippen molar-refractivity contribution in [2.24, 2.45) is 0 Å². The van der Waals surface area contributed by atoms with E-state index in [2.05, 4.69) is 22.8 Å². The Morgan fingerprint density at radius 3 is 2.55 bits per heavy atom. The second kappa shape index (κ2) is 6.75. The molecule has 110 valence electrons. The van der Waals surface area contributed by atoms with Crippen LogP contribution in [-0.2, 0) is 4.79 Å². The minimum Gasteiger partial charge on any atom is -0.497 e. The van der Waals surface area contributed by atoms with E-state index in [-0.39, 0.29) is 11.9 Å². The summed E-state index contributed by atoms with van der Waals surface area (Å²) in [5.41, 5.74) is 1.36. The zero-order chi connectivity index (χ0) is 14.5. The van der Waals surface area contributed by atoms with Crippen molar-refractivity contribution in [3.63, 3.8) is 0 Å². The van der Waals surface area contributed by atoms with Gasteiger partial charge in [-0.3, -0.25) is 4.79 Å². The number of amides is 1. The second-order valence-electron chi connectivity index (χ2n) is 5.42. The van der Waals surface area contributed by atoms with E-state index in [0.29, 0.717) is 18.5 Å². The van der Waals surface area contributed by atoms with Crippen LogP contribution in [0.25, 0.3) is 0 Å². The third-order valence-electron chi connectivity index (χ3n) is 3.96. The van der Waals surface area contributed by atoms with Crippen LogP contribution >= 0.6 is 0 Å². The van der Waals surface area contributed by atoms with Crippen LogP contribution in [-0.4, -0.2) is 31.6 Å². The number of likely N-dealkylation sites (N-methyl/N-ethyl adjacent to an activating group) is 1. The highest BCUT2D eigenvalue weighted by Gasteiger charge is 2.31. The molecule has 1 aliphatic carbocycles. The molecule has 1 atom stereocenters. The summed E-state index contributed by atoms with van der Waals surface area (Å²) < 4.78 is 5.17. The third-order valence-corrected chi connectivity index (χ3v) is 3.96. The summed E-state index contributed by atoms with van der Waals surface area (Å²) in [5.74, 6) is 1.58. The van der Waals surface area contributed by atoms with Gasteiger partial charge in [-0.05, 0) is 50.3 Å². The van der Waals surface area contributed by atoms with Crippen molar-refractivity contribution in [3.8, 4) is 5.75 Å². The van der Waals surface area contributed by atoms with E-state index >= 15 is 0 Å². The fourth-order valence-corrected chi connectivity index (χ4v) is 2.66. The van der Waals surface area contributed by atoms with Gasteiger partial charge < -0.3 is 15.4 Å². The minimum absolute atomic E-state index is 0.0837. The minimum atomic E-state index is -0.114. The number of carbonyl (C=O) groups excluding carboxylic acids is 1. The van der Waals surface area contributed by atoms with Gasteiger partial charge in [0.2, 0.25) is 5.91 Å². The molecule has 2 rings (SSSR count). The zero-order valence-electron chi connectivity index (χ0n) is 12.5. The highest BCUT2D eigenvalue weighted by Crippen LogP contribution is 2.37. The summed E-state index contributed by atoms with van der Waals surface area (Å²) in [7, 11) is 1.68. The molecule has 0 saturated heterocycles. The molecule has 0 bridgehead atoms. The molecule has 4 heteroatoms. The molecule has 4 nitrogen and oxygen atoms in total. The smallest absolute Gasteiger partial charge is 0.236 e. The van der Waals surface area contributed by atoms with E-state index in [1.165, 1.54) is 5.56 Å². The van der Waals surface area contributed by atoms with Crippen molar-refractivity contribution in [2.45, 2.75) is 44.7 Å². The quantitative estimate of drug-likeness (QED) is 0.836. The van der Waals surface area contributed by atoms with E-state index < -0.39 is 0 Å². The molecule has 0 heterocycles. The molecule has 1 aliphatic rings. The van der Waals surface area contributed by atoms with E-state index in [0.717, 1.165) is 18.6 Å². The lowest BCUT2D eigenvalue weighted by Crippen LogP contribution is -2.50. The molecule has 0 aromatic heterocycles. The maximum Gasteiger partial charge on any atom is 0.236 e. The predicted octanol–water partition coefficient (Wildman–Crippen LogP) is 2.06. The summed E-state index contributed by atoms with van der Waals surface area (Å²) in [6, 6.07) is 8.61.